The second kappa shape index (κ2) is 7.82. The molecule has 3 nitrogen and oxygen atoms in total. The largest absolute Gasteiger partial charge is 0.493 e. The number of hydrogen-bond donors (Lipinski definition) is 1. The smallest absolute Gasteiger partial charge is 0.167 e. The lowest BCUT2D eigenvalue weighted by atomic mass is 10.1. The molecule has 1 heterocycles. The first-order valence-corrected chi connectivity index (χ1v) is 8.54. The predicted molar refractivity (Wildman–Crippen MR) is 91.3 cm³/mol. The zero-order valence-electron chi connectivity index (χ0n) is 12.5. The quantitative estimate of drug-likeness (QED) is 0.773. The first-order chi connectivity index (χ1) is 10.1. The number of ether oxygens (including phenoxy) is 2. The summed E-state index contributed by atoms with van der Waals surface area (Å²) < 4.78 is 12.4. The summed E-state index contributed by atoms with van der Waals surface area (Å²) in [5.41, 5.74) is 1.08. The topological polar surface area (TPSA) is 30.5 Å². The van der Waals surface area contributed by atoms with Gasteiger partial charge >= 0.3 is 0 Å². The Kier molecular flexibility index (Phi) is 6.08. The van der Waals surface area contributed by atoms with Crippen molar-refractivity contribution in [1.29, 1.82) is 0 Å². The SMILES string of the molecule is COc1ccc(Br)c(CNCc2cccs2)c1OC(C)C. The molecule has 114 valence electrons. The number of thiophene rings is 1. The van der Waals surface area contributed by atoms with Crippen LogP contribution < -0.4 is 14.8 Å². The Balaban J connectivity index is 2.15. The van der Waals surface area contributed by atoms with Crippen molar-refractivity contribution in [2.45, 2.75) is 33.0 Å². The van der Waals surface area contributed by atoms with Gasteiger partial charge in [0.25, 0.3) is 0 Å². The lowest BCUT2D eigenvalue weighted by Crippen LogP contribution is -2.15. The highest BCUT2D eigenvalue weighted by atomic mass is 79.9. The number of nitrogens with one attached hydrogen (secondary N) is 1. The zero-order valence-corrected chi connectivity index (χ0v) is 14.9. The van der Waals surface area contributed by atoms with E-state index in [1.54, 1.807) is 18.4 Å². The van der Waals surface area contributed by atoms with Gasteiger partial charge < -0.3 is 14.8 Å². The highest BCUT2D eigenvalue weighted by Gasteiger charge is 2.15. The predicted octanol–water partition coefficient (Wildman–Crippen LogP) is 4.60. The third kappa shape index (κ3) is 4.46. The van der Waals surface area contributed by atoms with E-state index < -0.39 is 0 Å². The number of benzene rings is 1. The van der Waals surface area contributed by atoms with Gasteiger partial charge in [-0.3, -0.25) is 0 Å². The Morgan fingerprint density at radius 3 is 2.67 bits per heavy atom. The van der Waals surface area contributed by atoms with E-state index in [0.29, 0.717) is 0 Å². The second-order valence-corrected chi connectivity index (χ2v) is 6.79. The molecule has 0 amide bonds. The van der Waals surface area contributed by atoms with Gasteiger partial charge in [0.05, 0.1) is 13.2 Å². The van der Waals surface area contributed by atoms with Crippen molar-refractivity contribution >= 4 is 27.3 Å². The molecule has 0 spiro atoms. The molecule has 2 aromatic rings. The summed E-state index contributed by atoms with van der Waals surface area (Å²) in [4.78, 5) is 1.32. The third-order valence-electron chi connectivity index (χ3n) is 2.92. The molecule has 1 N–H and O–H groups in total. The molecule has 0 fully saturated rings. The molecule has 5 heteroatoms. The molecule has 2 rings (SSSR count). The molecular weight excluding hydrogens is 350 g/mol. The summed E-state index contributed by atoms with van der Waals surface area (Å²) in [6, 6.07) is 8.11. The molecule has 0 saturated carbocycles. The molecule has 0 aliphatic heterocycles. The standard InChI is InChI=1S/C16H20BrNO2S/c1-11(2)20-16-13(14(17)6-7-15(16)19-3)10-18-9-12-5-4-8-21-12/h4-8,11,18H,9-10H2,1-3H3. The summed E-state index contributed by atoms with van der Waals surface area (Å²) in [6.07, 6.45) is 0.101. The molecule has 0 bridgehead atoms. The average Bonchev–Trinajstić information content (AvgIpc) is 2.95. The number of methoxy groups -OCH3 is 1. The summed E-state index contributed by atoms with van der Waals surface area (Å²) in [5.74, 6) is 1.57. The Morgan fingerprint density at radius 1 is 1.24 bits per heavy atom. The van der Waals surface area contributed by atoms with Crippen LogP contribution in [0, 0.1) is 0 Å². The fraction of sp³-hybridized carbons (Fsp3) is 0.375. The van der Waals surface area contributed by atoms with Crippen LogP contribution in [-0.2, 0) is 13.1 Å². The van der Waals surface area contributed by atoms with Crippen LogP contribution in [0.1, 0.15) is 24.3 Å². The zero-order chi connectivity index (χ0) is 15.2. The highest BCUT2D eigenvalue weighted by molar-refractivity contribution is 9.10. The van der Waals surface area contributed by atoms with Crippen LogP contribution >= 0.6 is 27.3 Å². The average molecular weight is 370 g/mol. The van der Waals surface area contributed by atoms with E-state index >= 15 is 0 Å². The van der Waals surface area contributed by atoms with Crippen molar-refractivity contribution in [1.82, 2.24) is 5.32 Å². The Morgan fingerprint density at radius 2 is 2.05 bits per heavy atom. The fourth-order valence-electron chi connectivity index (χ4n) is 2.00. The summed E-state index contributed by atoms with van der Waals surface area (Å²) >= 11 is 5.36. The number of rotatable bonds is 7. The van der Waals surface area contributed by atoms with E-state index in [4.69, 9.17) is 9.47 Å². The van der Waals surface area contributed by atoms with Crippen molar-refractivity contribution < 1.29 is 9.47 Å². The van der Waals surface area contributed by atoms with Gasteiger partial charge in [0.1, 0.15) is 0 Å². The molecule has 0 unspecified atom stereocenters. The van der Waals surface area contributed by atoms with Gasteiger partial charge in [0.2, 0.25) is 0 Å². The Hall–Kier alpha value is -1.04. The lowest BCUT2D eigenvalue weighted by Gasteiger charge is -2.19. The van der Waals surface area contributed by atoms with Gasteiger partial charge in [-0.1, -0.05) is 22.0 Å². The molecule has 0 aliphatic rings. The number of halogens is 1. The summed E-state index contributed by atoms with van der Waals surface area (Å²) in [5, 5.41) is 5.54. The fourth-order valence-corrected chi connectivity index (χ4v) is 3.12. The van der Waals surface area contributed by atoms with Crippen molar-refractivity contribution in [3.8, 4) is 11.5 Å². The Labute approximate surface area is 138 Å². The van der Waals surface area contributed by atoms with Crippen LogP contribution in [0.2, 0.25) is 0 Å². The van der Waals surface area contributed by atoms with Crippen LogP contribution in [-0.4, -0.2) is 13.2 Å². The normalized spacial score (nSPS) is 10.9. The maximum atomic E-state index is 5.94. The second-order valence-electron chi connectivity index (χ2n) is 4.91. The van der Waals surface area contributed by atoms with E-state index in [1.807, 2.05) is 26.0 Å². The minimum atomic E-state index is 0.101. The van der Waals surface area contributed by atoms with E-state index in [1.165, 1.54) is 4.88 Å². The van der Waals surface area contributed by atoms with Crippen LogP contribution in [0.5, 0.6) is 11.5 Å². The highest BCUT2D eigenvalue weighted by Crippen LogP contribution is 2.37. The van der Waals surface area contributed by atoms with E-state index in [0.717, 1.165) is 34.6 Å². The van der Waals surface area contributed by atoms with E-state index in [-0.39, 0.29) is 6.10 Å². The summed E-state index contributed by atoms with van der Waals surface area (Å²) in [7, 11) is 1.67. The minimum absolute atomic E-state index is 0.101. The summed E-state index contributed by atoms with van der Waals surface area (Å²) in [6.45, 7) is 5.60. The molecule has 1 aromatic heterocycles. The molecular formula is C16H20BrNO2S. The van der Waals surface area contributed by atoms with Crippen LogP contribution in [0.4, 0.5) is 0 Å². The minimum Gasteiger partial charge on any atom is -0.493 e. The monoisotopic (exact) mass is 369 g/mol. The van der Waals surface area contributed by atoms with Crippen LogP contribution in [0.3, 0.4) is 0 Å². The van der Waals surface area contributed by atoms with Gasteiger partial charge in [-0.05, 0) is 37.4 Å². The van der Waals surface area contributed by atoms with Crippen LogP contribution in [0.25, 0.3) is 0 Å². The molecule has 21 heavy (non-hydrogen) atoms. The number of hydrogen-bond acceptors (Lipinski definition) is 4. The van der Waals surface area contributed by atoms with Crippen LogP contribution in [0.15, 0.2) is 34.1 Å². The third-order valence-corrected chi connectivity index (χ3v) is 4.54. The van der Waals surface area contributed by atoms with Crippen molar-refractivity contribution in [3.05, 3.63) is 44.6 Å². The van der Waals surface area contributed by atoms with Gasteiger partial charge in [-0.15, -0.1) is 11.3 Å². The Bertz CT molecular complexity index is 570. The maximum Gasteiger partial charge on any atom is 0.167 e. The van der Waals surface area contributed by atoms with Gasteiger partial charge in [-0.25, -0.2) is 0 Å². The van der Waals surface area contributed by atoms with E-state index in [9.17, 15) is 0 Å². The first kappa shape index (κ1) is 16.3. The maximum absolute atomic E-state index is 5.94. The molecule has 0 aliphatic carbocycles. The van der Waals surface area contributed by atoms with Gasteiger partial charge in [-0.2, -0.15) is 0 Å². The molecule has 1 aromatic carbocycles. The van der Waals surface area contributed by atoms with Crippen molar-refractivity contribution in [2.24, 2.45) is 0 Å². The van der Waals surface area contributed by atoms with Crippen molar-refractivity contribution in [3.63, 3.8) is 0 Å². The van der Waals surface area contributed by atoms with Gasteiger partial charge in [0.15, 0.2) is 11.5 Å². The first-order valence-electron chi connectivity index (χ1n) is 6.87. The molecule has 0 radical (unpaired) electrons. The van der Waals surface area contributed by atoms with Crippen molar-refractivity contribution in [2.75, 3.05) is 7.11 Å². The van der Waals surface area contributed by atoms with E-state index in [2.05, 4.69) is 38.8 Å². The van der Waals surface area contributed by atoms with Gasteiger partial charge in [0, 0.05) is 28.0 Å². The molecule has 0 atom stereocenters. The molecule has 0 saturated heterocycles. The lowest BCUT2D eigenvalue weighted by molar-refractivity contribution is 0.227.